The number of oxime groups is 1. The molecule has 3 N–H and O–H groups in total. The van der Waals surface area contributed by atoms with Gasteiger partial charge in [-0.3, -0.25) is 0 Å². The highest BCUT2D eigenvalue weighted by Crippen LogP contribution is 2.70. The van der Waals surface area contributed by atoms with E-state index in [0.717, 1.165) is 6.42 Å². The van der Waals surface area contributed by atoms with Crippen LogP contribution < -0.4 is 5.73 Å². The highest BCUT2D eigenvalue weighted by molar-refractivity contribution is 5.86. The molecule has 0 aromatic heterocycles. The van der Waals surface area contributed by atoms with Crippen LogP contribution in [0.2, 0.25) is 0 Å². The first-order valence-corrected chi connectivity index (χ1v) is 3.26. The van der Waals surface area contributed by atoms with Crippen LogP contribution in [0.3, 0.4) is 0 Å². The second-order valence-corrected chi connectivity index (χ2v) is 3.14. The minimum atomic E-state index is 0.419. The van der Waals surface area contributed by atoms with Crippen molar-refractivity contribution in [1.29, 1.82) is 0 Å². The molecule has 2 fully saturated rings. The van der Waals surface area contributed by atoms with E-state index in [-0.39, 0.29) is 0 Å². The van der Waals surface area contributed by atoms with Crippen LogP contribution in [-0.2, 0) is 0 Å². The third-order valence-electron chi connectivity index (χ3n) is 2.55. The number of nitrogens with zero attached hydrogens (tertiary/aromatic N) is 1. The number of amidine groups is 1. The molecule has 2 rings (SSSR count). The van der Waals surface area contributed by atoms with Gasteiger partial charge in [0.2, 0.25) is 0 Å². The SMILES string of the molecule is N/C(=N\O)C1CC12CC2. The van der Waals surface area contributed by atoms with Gasteiger partial charge in [-0.05, 0) is 24.7 Å². The lowest BCUT2D eigenvalue weighted by atomic mass is 10.3. The number of hydrogen-bond donors (Lipinski definition) is 2. The first-order chi connectivity index (χ1) is 4.28. The Morgan fingerprint density at radius 1 is 1.67 bits per heavy atom. The molecule has 3 heteroatoms. The Kier molecular flexibility index (Phi) is 0.693. The average molecular weight is 126 g/mol. The summed E-state index contributed by atoms with van der Waals surface area (Å²) in [4.78, 5) is 0. The van der Waals surface area contributed by atoms with Crippen LogP contribution in [0, 0.1) is 11.3 Å². The summed E-state index contributed by atoms with van der Waals surface area (Å²) in [5.41, 5.74) is 5.92. The van der Waals surface area contributed by atoms with Crippen molar-refractivity contribution in [3.05, 3.63) is 0 Å². The van der Waals surface area contributed by atoms with Gasteiger partial charge < -0.3 is 10.9 Å². The van der Waals surface area contributed by atoms with Crippen LogP contribution in [0.1, 0.15) is 19.3 Å². The highest BCUT2D eigenvalue weighted by Gasteiger charge is 2.64. The van der Waals surface area contributed by atoms with Crippen LogP contribution >= 0.6 is 0 Å². The van der Waals surface area contributed by atoms with E-state index in [2.05, 4.69) is 5.16 Å². The summed E-state index contributed by atoms with van der Waals surface area (Å²) in [6, 6.07) is 0. The molecule has 0 heterocycles. The summed E-state index contributed by atoms with van der Waals surface area (Å²) in [5.74, 6) is 0.856. The molecule has 1 spiro atoms. The van der Waals surface area contributed by atoms with E-state index in [1.807, 2.05) is 0 Å². The summed E-state index contributed by atoms with van der Waals surface area (Å²) in [6.45, 7) is 0. The van der Waals surface area contributed by atoms with E-state index in [9.17, 15) is 0 Å². The predicted molar refractivity (Wildman–Crippen MR) is 33.2 cm³/mol. The summed E-state index contributed by atoms with van der Waals surface area (Å²) < 4.78 is 0. The Morgan fingerprint density at radius 2 is 2.33 bits per heavy atom. The van der Waals surface area contributed by atoms with Crippen molar-refractivity contribution in [2.45, 2.75) is 19.3 Å². The Hall–Kier alpha value is -0.730. The second-order valence-electron chi connectivity index (χ2n) is 3.14. The molecule has 3 nitrogen and oxygen atoms in total. The van der Waals surface area contributed by atoms with E-state index in [0.29, 0.717) is 17.2 Å². The molecule has 1 unspecified atom stereocenters. The van der Waals surface area contributed by atoms with E-state index in [1.54, 1.807) is 0 Å². The maximum Gasteiger partial charge on any atom is 0.142 e. The monoisotopic (exact) mass is 126 g/mol. The topological polar surface area (TPSA) is 58.6 Å². The van der Waals surface area contributed by atoms with E-state index in [1.165, 1.54) is 12.8 Å². The molecular formula is C6H10N2O. The van der Waals surface area contributed by atoms with Gasteiger partial charge in [-0.15, -0.1) is 0 Å². The standard InChI is InChI=1S/C6H10N2O/c7-5(8-9)4-3-6(4)1-2-6/h4,9H,1-3H2,(H2,7,8). The first-order valence-electron chi connectivity index (χ1n) is 3.26. The molecule has 50 valence electrons. The summed E-state index contributed by atoms with van der Waals surface area (Å²) in [5, 5.41) is 11.2. The number of nitrogens with two attached hydrogens (primary N) is 1. The second kappa shape index (κ2) is 1.23. The minimum Gasteiger partial charge on any atom is -0.409 e. The van der Waals surface area contributed by atoms with Crippen LogP contribution in [0.5, 0.6) is 0 Å². The molecule has 0 aliphatic heterocycles. The molecule has 0 bridgehead atoms. The normalized spacial score (nSPS) is 36.9. The largest absolute Gasteiger partial charge is 0.409 e. The van der Waals surface area contributed by atoms with Crippen LogP contribution in [-0.4, -0.2) is 11.0 Å². The van der Waals surface area contributed by atoms with Gasteiger partial charge >= 0.3 is 0 Å². The van der Waals surface area contributed by atoms with Crippen molar-refractivity contribution in [2.75, 3.05) is 0 Å². The molecule has 0 amide bonds. The van der Waals surface area contributed by atoms with Crippen molar-refractivity contribution < 1.29 is 5.21 Å². The maximum absolute atomic E-state index is 8.27. The lowest BCUT2D eigenvalue weighted by Crippen LogP contribution is -2.15. The first kappa shape index (κ1) is 5.09. The molecule has 0 aromatic carbocycles. The lowest BCUT2D eigenvalue weighted by Gasteiger charge is -1.90. The Morgan fingerprint density at radius 3 is 2.67 bits per heavy atom. The molecular weight excluding hydrogens is 116 g/mol. The summed E-state index contributed by atoms with van der Waals surface area (Å²) in [7, 11) is 0. The van der Waals surface area contributed by atoms with E-state index >= 15 is 0 Å². The Labute approximate surface area is 53.5 Å². The van der Waals surface area contributed by atoms with Gasteiger partial charge in [-0.1, -0.05) is 5.16 Å². The van der Waals surface area contributed by atoms with Gasteiger partial charge in [-0.25, -0.2) is 0 Å². The Balaban J connectivity index is 2.04. The molecule has 2 saturated carbocycles. The predicted octanol–water partition coefficient (Wildman–Crippen LogP) is 0.533. The third-order valence-corrected chi connectivity index (χ3v) is 2.55. The Bertz CT molecular complexity index is 172. The fourth-order valence-electron chi connectivity index (χ4n) is 1.55. The number of rotatable bonds is 1. The molecule has 0 radical (unpaired) electrons. The minimum absolute atomic E-state index is 0.419. The van der Waals surface area contributed by atoms with Crippen molar-refractivity contribution >= 4 is 5.84 Å². The van der Waals surface area contributed by atoms with Crippen LogP contribution in [0.4, 0.5) is 0 Å². The van der Waals surface area contributed by atoms with Crippen molar-refractivity contribution in [3.8, 4) is 0 Å². The molecule has 2 aliphatic rings. The molecule has 9 heavy (non-hydrogen) atoms. The zero-order chi connectivity index (χ0) is 6.48. The molecule has 2 aliphatic carbocycles. The zero-order valence-corrected chi connectivity index (χ0v) is 5.17. The quantitative estimate of drug-likeness (QED) is 0.233. The summed E-state index contributed by atoms with van der Waals surface area (Å²) >= 11 is 0. The number of hydrogen-bond acceptors (Lipinski definition) is 2. The van der Waals surface area contributed by atoms with Crippen LogP contribution in [0.15, 0.2) is 5.16 Å². The summed E-state index contributed by atoms with van der Waals surface area (Å²) in [6.07, 6.45) is 3.73. The van der Waals surface area contributed by atoms with Gasteiger partial charge in [0.05, 0.1) is 0 Å². The average Bonchev–Trinajstić information content (AvgIpc) is 2.74. The molecule has 1 atom stereocenters. The van der Waals surface area contributed by atoms with Gasteiger partial charge in [-0.2, -0.15) is 0 Å². The zero-order valence-electron chi connectivity index (χ0n) is 5.17. The van der Waals surface area contributed by atoms with Crippen LogP contribution in [0.25, 0.3) is 0 Å². The van der Waals surface area contributed by atoms with Gasteiger partial charge in [0.25, 0.3) is 0 Å². The molecule has 0 aromatic rings. The van der Waals surface area contributed by atoms with Gasteiger partial charge in [0.1, 0.15) is 5.84 Å². The highest BCUT2D eigenvalue weighted by atomic mass is 16.4. The van der Waals surface area contributed by atoms with Crippen molar-refractivity contribution in [2.24, 2.45) is 22.2 Å². The van der Waals surface area contributed by atoms with E-state index < -0.39 is 0 Å². The fourth-order valence-corrected chi connectivity index (χ4v) is 1.55. The van der Waals surface area contributed by atoms with Gasteiger partial charge in [0.15, 0.2) is 0 Å². The third kappa shape index (κ3) is 0.544. The maximum atomic E-state index is 8.27. The smallest absolute Gasteiger partial charge is 0.142 e. The molecule has 0 saturated heterocycles. The lowest BCUT2D eigenvalue weighted by molar-refractivity contribution is 0.316. The van der Waals surface area contributed by atoms with Crippen molar-refractivity contribution in [3.63, 3.8) is 0 Å². The van der Waals surface area contributed by atoms with Crippen molar-refractivity contribution in [1.82, 2.24) is 0 Å². The fraction of sp³-hybridized carbons (Fsp3) is 0.833. The van der Waals surface area contributed by atoms with E-state index in [4.69, 9.17) is 10.9 Å². The van der Waals surface area contributed by atoms with Gasteiger partial charge in [0, 0.05) is 5.92 Å².